The number of benzene rings is 1. The lowest BCUT2D eigenvalue weighted by atomic mass is 10.1. The largest absolute Gasteiger partial charge is 0.394 e. The second kappa shape index (κ2) is 8.91. The van der Waals surface area contributed by atoms with Gasteiger partial charge in [0.15, 0.2) is 0 Å². The number of rotatable bonds is 7. The highest BCUT2D eigenvalue weighted by Gasteiger charge is 2.17. The number of hydrogen-bond donors (Lipinski definition) is 4. The molecule has 7 heteroatoms. The minimum Gasteiger partial charge on any atom is -0.394 e. The summed E-state index contributed by atoms with van der Waals surface area (Å²) in [4.78, 5) is 19.9. The number of nitrogens with zero attached hydrogens (tertiary/aromatic N) is 1. The van der Waals surface area contributed by atoms with Crippen molar-refractivity contribution in [2.24, 2.45) is 0 Å². The molecule has 0 fully saturated rings. The fourth-order valence-corrected chi connectivity index (χ4v) is 3.08. The molecule has 28 heavy (non-hydrogen) atoms. The van der Waals surface area contributed by atoms with Gasteiger partial charge in [0.05, 0.1) is 17.7 Å². The van der Waals surface area contributed by atoms with Crippen LogP contribution in [0.5, 0.6) is 0 Å². The van der Waals surface area contributed by atoms with Crippen LogP contribution in [0.25, 0.3) is 11.1 Å². The highest BCUT2D eigenvalue weighted by atomic mass is 35.5. The second-order valence-corrected chi connectivity index (χ2v) is 7.18. The highest BCUT2D eigenvalue weighted by Crippen LogP contribution is 2.30. The molecule has 1 atom stereocenters. The Morgan fingerprint density at radius 3 is 2.68 bits per heavy atom. The van der Waals surface area contributed by atoms with E-state index in [1.54, 1.807) is 18.5 Å². The van der Waals surface area contributed by atoms with Crippen molar-refractivity contribution < 1.29 is 9.90 Å². The third-order valence-corrected chi connectivity index (χ3v) is 4.52. The lowest BCUT2D eigenvalue weighted by molar-refractivity contribution is 0.0912. The molecule has 0 aliphatic rings. The van der Waals surface area contributed by atoms with E-state index in [1.807, 2.05) is 50.2 Å². The maximum atomic E-state index is 12.6. The smallest absolute Gasteiger partial charge is 0.268 e. The molecule has 3 rings (SSSR count). The summed E-state index contributed by atoms with van der Waals surface area (Å²) in [5.74, 6) is 0.408. The van der Waals surface area contributed by atoms with Gasteiger partial charge in [0.2, 0.25) is 0 Å². The SMILES string of the molecule is CC(C)Nc1cc(-c2c[nH]c(C(=O)N[C@H](CO)c3ccccc3)c2)c(Cl)cn1. The maximum Gasteiger partial charge on any atom is 0.268 e. The number of aromatic amines is 1. The van der Waals surface area contributed by atoms with Gasteiger partial charge in [0, 0.05) is 29.6 Å². The van der Waals surface area contributed by atoms with Gasteiger partial charge in [-0.15, -0.1) is 0 Å². The van der Waals surface area contributed by atoms with E-state index in [1.165, 1.54) is 0 Å². The number of aliphatic hydroxyl groups excluding tert-OH is 1. The summed E-state index contributed by atoms with van der Waals surface area (Å²) in [5.41, 5.74) is 2.78. The number of hydrogen-bond acceptors (Lipinski definition) is 4. The van der Waals surface area contributed by atoms with E-state index < -0.39 is 6.04 Å². The zero-order valence-electron chi connectivity index (χ0n) is 15.7. The molecule has 0 spiro atoms. The van der Waals surface area contributed by atoms with Gasteiger partial charge in [0.25, 0.3) is 5.91 Å². The van der Waals surface area contributed by atoms with Crippen molar-refractivity contribution in [1.82, 2.24) is 15.3 Å². The molecule has 1 amide bonds. The molecule has 0 radical (unpaired) electrons. The minimum atomic E-state index is -0.480. The van der Waals surface area contributed by atoms with E-state index in [0.29, 0.717) is 16.5 Å². The molecular formula is C21H23ClN4O2. The first-order valence-electron chi connectivity index (χ1n) is 9.05. The third kappa shape index (κ3) is 4.71. The molecule has 3 aromatic rings. The predicted molar refractivity (Wildman–Crippen MR) is 112 cm³/mol. The Morgan fingerprint density at radius 2 is 2.00 bits per heavy atom. The summed E-state index contributed by atoms with van der Waals surface area (Å²) >= 11 is 6.31. The molecule has 4 N–H and O–H groups in total. The average Bonchev–Trinajstić information content (AvgIpc) is 3.18. The molecule has 1 aromatic carbocycles. The van der Waals surface area contributed by atoms with E-state index in [-0.39, 0.29) is 18.6 Å². The first kappa shape index (κ1) is 19.9. The molecule has 0 aliphatic carbocycles. The Morgan fingerprint density at radius 1 is 1.25 bits per heavy atom. The number of nitrogens with one attached hydrogen (secondary N) is 3. The van der Waals surface area contributed by atoms with Crippen LogP contribution >= 0.6 is 11.6 Å². The second-order valence-electron chi connectivity index (χ2n) is 6.77. The summed E-state index contributed by atoms with van der Waals surface area (Å²) in [6.45, 7) is 3.86. The molecule has 0 bridgehead atoms. The first-order valence-corrected chi connectivity index (χ1v) is 9.43. The number of H-pyrrole nitrogens is 1. The Hall–Kier alpha value is -2.83. The monoisotopic (exact) mass is 398 g/mol. The standard InChI is InChI=1S/C21H23ClN4O2/c1-13(2)25-20-9-16(17(22)11-24-20)15-8-18(23-10-15)21(28)26-19(12-27)14-6-4-3-5-7-14/h3-11,13,19,23,27H,12H2,1-2H3,(H,24,25)(H,26,28)/t19-/m1/s1. The van der Waals surface area contributed by atoms with Crippen molar-refractivity contribution in [3.8, 4) is 11.1 Å². The van der Waals surface area contributed by atoms with Crippen molar-refractivity contribution >= 4 is 23.3 Å². The molecule has 6 nitrogen and oxygen atoms in total. The lowest BCUT2D eigenvalue weighted by Crippen LogP contribution is -2.30. The van der Waals surface area contributed by atoms with Gasteiger partial charge in [-0.1, -0.05) is 41.9 Å². The van der Waals surface area contributed by atoms with Crippen molar-refractivity contribution in [3.63, 3.8) is 0 Å². The normalized spacial score (nSPS) is 12.0. The van der Waals surface area contributed by atoms with Gasteiger partial charge in [-0.05, 0) is 31.5 Å². The van der Waals surface area contributed by atoms with E-state index in [2.05, 4.69) is 20.6 Å². The summed E-state index contributed by atoms with van der Waals surface area (Å²) < 4.78 is 0. The van der Waals surface area contributed by atoms with Crippen LogP contribution in [0.3, 0.4) is 0 Å². The fourth-order valence-electron chi connectivity index (χ4n) is 2.87. The summed E-state index contributed by atoms with van der Waals surface area (Å²) in [6, 6.07) is 12.7. The molecular weight excluding hydrogens is 376 g/mol. The van der Waals surface area contributed by atoms with Gasteiger partial charge >= 0.3 is 0 Å². The average molecular weight is 399 g/mol. The Bertz CT molecular complexity index is 941. The van der Waals surface area contributed by atoms with Gasteiger partial charge in [-0.25, -0.2) is 4.98 Å². The number of carbonyl (C=O) groups excluding carboxylic acids is 1. The molecule has 0 saturated carbocycles. The van der Waals surface area contributed by atoms with Crippen LogP contribution in [-0.2, 0) is 0 Å². The van der Waals surface area contributed by atoms with Crippen LogP contribution in [-0.4, -0.2) is 33.6 Å². The topological polar surface area (TPSA) is 90.0 Å². The maximum absolute atomic E-state index is 12.6. The van der Waals surface area contributed by atoms with Crippen molar-refractivity contribution in [2.75, 3.05) is 11.9 Å². The van der Waals surface area contributed by atoms with Crippen LogP contribution in [0.15, 0.2) is 54.9 Å². The van der Waals surface area contributed by atoms with Crippen LogP contribution in [0.2, 0.25) is 5.02 Å². The fraction of sp³-hybridized carbons (Fsp3) is 0.238. The lowest BCUT2D eigenvalue weighted by Gasteiger charge is -2.16. The molecule has 0 unspecified atom stereocenters. The van der Waals surface area contributed by atoms with Crippen LogP contribution in [0.1, 0.15) is 35.9 Å². The van der Waals surface area contributed by atoms with Gasteiger partial charge < -0.3 is 20.7 Å². The Kier molecular flexibility index (Phi) is 6.34. The van der Waals surface area contributed by atoms with Crippen LogP contribution < -0.4 is 10.6 Å². The van der Waals surface area contributed by atoms with Crippen LogP contribution in [0.4, 0.5) is 5.82 Å². The van der Waals surface area contributed by atoms with E-state index in [4.69, 9.17) is 11.6 Å². The van der Waals surface area contributed by atoms with E-state index in [9.17, 15) is 9.90 Å². The van der Waals surface area contributed by atoms with Crippen LogP contribution in [0, 0.1) is 0 Å². The Balaban J connectivity index is 1.79. The molecule has 2 aromatic heterocycles. The number of aliphatic hydroxyl groups is 1. The zero-order valence-corrected chi connectivity index (χ0v) is 16.5. The third-order valence-electron chi connectivity index (χ3n) is 4.22. The van der Waals surface area contributed by atoms with Crippen molar-refractivity contribution in [2.45, 2.75) is 25.9 Å². The Labute approximate surface area is 169 Å². The quantitative estimate of drug-likeness (QED) is 0.484. The number of halogens is 1. The van der Waals surface area contributed by atoms with Gasteiger partial charge in [0.1, 0.15) is 11.5 Å². The first-order chi connectivity index (χ1) is 13.5. The minimum absolute atomic E-state index is 0.191. The number of amides is 1. The molecule has 146 valence electrons. The van der Waals surface area contributed by atoms with Gasteiger partial charge in [-0.2, -0.15) is 0 Å². The summed E-state index contributed by atoms with van der Waals surface area (Å²) in [7, 11) is 0. The molecule has 2 heterocycles. The van der Waals surface area contributed by atoms with Crippen molar-refractivity contribution in [1.29, 1.82) is 0 Å². The van der Waals surface area contributed by atoms with E-state index in [0.717, 1.165) is 16.7 Å². The molecule has 0 aliphatic heterocycles. The number of pyridine rings is 1. The number of aromatic nitrogens is 2. The summed E-state index contributed by atoms with van der Waals surface area (Å²) in [6.07, 6.45) is 3.32. The zero-order chi connectivity index (χ0) is 20.1. The highest BCUT2D eigenvalue weighted by molar-refractivity contribution is 6.33. The number of carbonyl (C=O) groups is 1. The number of anilines is 1. The van der Waals surface area contributed by atoms with Gasteiger partial charge in [-0.3, -0.25) is 4.79 Å². The summed E-state index contributed by atoms with van der Waals surface area (Å²) in [5, 5.41) is 16.2. The van der Waals surface area contributed by atoms with Crippen molar-refractivity contribution in [3.05, 3.63) is 71.1 Å². The van der Waals surface area contributed by atoms with E-state index >= 15 is 0 Å². The predicted octanol–water partition coefficient (Wildman–Crippen LogP) is 4.01. The molecule has 0 saturated heterocycles.